The molecule has 0 bridgehead atoms. The summed E-state index contributed by atoms with van der Waals surface area (Å²) in [5.41, 5.74) is 0.422. The van der Waals surface area contributed by atoms with E-state index in [9.17, 15) is 4.79 Å². The van der Waals surface area contributed by atoms with E-state index in [0.29, 0.717) is 5.41 Å². The predicted octanol–water partition coefficient (Wildman–Crippen LogP) is 0.0112. The maximum atomic E-state index is 11.5. The Labute approximate surface area is 78.7 Å². The van der Waals surface area contributed by atoms with Gasteiger partial charge < -0.3 is 15.5 Å². The molecule has 0 aromatic heterocycles. The molecule has 0 aromatic carbocycles. The number of hydrogen-bond donors (Lipinski definition) is 2. The summed E-state index contributed by atoms with van der Waals surface area (Å²) in [6, 6.07) is 0.103. The highest BCUT2D eigenvalue weighted by Crippen LogP contribution is 2.33. The van der Waals surface area contributed by atoms with Crippen molar-refractivity contribution in [3.63, 3.8) is 0 Å². The summed E-state index contributed by atoms with van der Waals surface area (Å²) in [7, 11) is 0. The highest BCUT2D eigenvalue weighted by Gasteiger charge is 2.44. The zero-order valence-electron chi connectivity index (χ0n) is 8.10. The van der Waals surface area contributed by atoms with Crippen LogP contribution in [0.2, 0.25) is 0 Å². The van der Waals surface area contributed by atoms with E-state index < -0.39 is 0 Å². The molecule has 1 spiro atoms. The fourth-order valence-electron chi connectivity index (χ4n) is 2.14. The minimum atomic E-state index is 0.103. The summed E-state index contributed by atoms with van der Waals surface area (Å²) in [5, 5.41) is 6.12. The van der Waals surface area contributed by atoms with Crippen LogP contribution in [0.3, 0.4) is 0 Å². The maximum absolute atomic E-state index is 11.5. The van der Waals surface area contributed by atoms with Crippen molar-refractivity contribution in [2.24, 2.45) is 5.41 Å². The van der Waals surface area contributed by atoms with Crippen molar-refractivity contribution in [3.8, 4) is 0 Å². The first kappa shape index (κ1) is 8.81. The lowest BCUT2D eigenvalue weighted by Crippen LogP contribution is -2.55. The quantitative estimate of drug-likeness (QED) is 0.601. The topological polar surface area (TPSA) is 44.4 Å². The Morgan fingerprint density at radius 2 is 2.38 bits per heavy atom. The Hall–Kier alpha value is -0.770. The number of nitrogens with one attached hydrogen (secondary N) is 2. The first-order valence-electron chi connectivity index (χ1n) is 4.99. The lowest BCUT2D eigenvalue weighted by molar-refractivity contribution is 0.166. The van der Waals surface area contributed by atoms with Gasteiger partial charge in [-0.2, -0.15) is 0 Å². The molecule has 0 radical (unpaired) electrons. The third-order valence-corrected chi connectivity index (χ3v) is 3.05. The van der Waals surface area contributed by atoms with E-state index in [-0.39, 0.29) is 6.03 Å². The van der Waals surface area contributed by atoms with E-state index in [1.165, 1.54) is 0 Å². The van der Waals surface area contributed by atoms with Crippen molar-refractivity contribution in [3.05, 3.63) is 0 Å². The third kappa shape index (κ3) is 1.50. The van der Waals surface area contributed by atoms with E-state index in [1.807, 2.05) is 11.8 Å². The molecule has 2 amide bonds. The second kappa shape index (κ2) is 3.18. The van der Waals surface area contributed by atoms with Gasteiger partial charge in [0, 0.05) is 38.1 Å². The first-order valence-corrected chi connectivity index (χ1v) is 4.99. The minimum absolute atomic E-state index is 0.103. The van der Waals surface area contributed by atoms with Crippen molar-refractivity contribution in [1.82, 2.24) is 15.5 Å². The summed E-state index contributed by atoms with van der Waals surface area (Å²) in [6.45, 7) is 6.71. The number of carbonyl (C=O) groups is 1. The lowest BCUT2D eigenvalue weighted by atomic mass is 9.81. The Morgan fingerprint density at radius 3 is 2.85 bits per heavy atom. The molecule has 2 rings (SSSR count). The Kier molecular flexibility index (Phi) is 2.15. The van der Waals surface area contributed by atoms with Crippen LogP contribution in [0, 0.1) is 5.41 Å². The smallest absolute Gasteiger partial charge is 0.317 e. The molecule has 2 aliphatic heterocycles. The van der Waals surface area contributed by atoms with E-state index in [4.69, 9.17) is 0 Å². The monoisotopic (exact) mass is 183 g/mol. The van der Waals surface area contributed by atoms with Gasteiger partial charge in [0.15, 0.2) is 0 Å². The average Bonchev–Trinajstić information content (AvgIpc) is 2.47. The largest absolute Gasteiger partial charge is 0.338 e. The number of rotatable bonds is 1. The number of hydrogen-bond acceptors (Lipinski definition) is 2. The zero-order chi connectivity index (χ0) is 9.31. The highest BCUT2D eigenvalue weighted by molar-refractivity contribution is 5.74. The van der Waals surface area contributed by atoms with Gasteiger partial charge in [-0.3, -0.25) is 0 Å². The van der Waals surface area contributed by atoms with E-state index in [2.05, 4.69) is 10.6 Å². The van der Waals surface area contributed by atoms with Crippen LogP contribution in [0.25, 0.3) is 0 Å². The van der Waals surface area contributed by atoms with Crippen molar-refractivity contribution >= 4 is 6.03 Å². The summed E-state index contributed by atoms with van der Waals surface area (Å²) < 4.78 is 0. The van der Waals surface area contributed by atoms with Gasteiger partial charge in [-0.1, -0.05) is 0 Å². The molecule has 0 atom stereocenters. The van der Waals surface area contributed by atoms with Crippen molar-refractivity contribution in [1.29, 1.82) is 0 Å². The number of amides is 2. The summed E-state index contributed by atoms with van der Waals surface area (Å²) in [6.07, 6.45) is 1.16. The molecule has 2 heterocycles. The summed E-state index contributed by atoms with van der Waals surface area (Å²) in [5.74, 6) is 0. The minimum Gasteiger partial charge on any atom is -0.338 e. The average molecular weight is 183 g/mol. The van der Waals surface area contributed by atoms with Gasteiger partial charge in [0.05, 0.1) is 0 Å². The molecular weight excluding hydrogens is 166 g/mol. The third-order valence-electron chi connectivity index (χ3n) is 3.05. The Morgan fingerprint density at radius 1 is 1.62 bits per heavy atom. The van der Waals surface area contributed by atoms with Crippen molar-refractivity contribution in [2.75, 3.05) is 32.7 Å². The molecule has 4 heteroatoms. The number of likely N-dealkylation sites (tertiary alicyclic amines) is 1. The molecule has 4 nitrogen and oxygen atoms in total. The molecule has 0 unspecified atom stereocenters. The summed E-state index contributed by atoms with van der Waals surface area (Å²) >= 11 is 0. The van der Waals surface area contributed by atoms with Gasteiger partial charge in [-0.25, -0.2) is 4.79 Å². The molecule has 13 heavy (non-hydrogen) atoms. The summed E-state index contributed by atoms with van der Waals surface area (Å²) in [4.78, 5) is 13.4. The van der Waals surface area contributed by atoms with Crippen LogP contribution in [0.1, 0.15) is 13.3 Å². The fourth-order valence-corrected chi connectivity index (χ4v) is 2.14. The van der Waals surface area contributed by atoms with Crippen LogP contribution < -0.4 is 10.6 Å². The molecule has 74 valence electrons. The normalized spacial score (nSPS) is 24.5. The van der Waals surface area contributed by atoms with Crippen LogP contribution in [0.4, 0.5) is 4.79 Å². The lowest BCUT2D eigenvalue weighted by Gasteiger charge is -2.38. The highest BCUT2D eigenvalue weighted by atomic mass is 16.2. The van der Waals surface area contributed by atoms with Crippen LogP contribution in [-0.4, -0.2) is 43.7 Å². The standard InChI is InChI=1S/C9H17N3O/c1-2-11-8(13)12-4-3-9(7-12)5-10-6-9/h10H,2-7H2,1H3,(H,11,13). The molecule has 2 N–H and O–H groups in total. The molecular formula is C9H17N3O. The predicted molar refractivity (Wildman–Crippen MR) is 50.6 cm³/mol. The second-order valence-corrected chi connectivity index (χ2v) is 4.11. The fraction of sp³-hybridized carbons (Fsp3) is 0.889. The molecule has 2 saturated heterocycles. The SMILES string of the molecule is CCNC(=O)N1CCC2(CNC2)C1. The van der Waals surface area contributed by atoms with Crippen molar-refractivity contribution in [2.45, 2.75) is 13.3 Å². The van der Waals surface area contributed by atoms with Crippen LogP contribution in [0.15, 0.2) is 0 Å². The van der Waals surface area contributed by atoms with Gasteiger partial charge in [0.2, 0.25) is 0 Å². The van der Waals surface area contributed by atoms with Gasteiger partial charge in [0.1, 0.15) is 0 Å². The molecule has 2 fully saturated rings. The molecule has 0 aromatic rings. The Bertz CT molecular complexity index is 213. The van der Waals surface area contributed by atoms with Gasteiger partial charge in [-0.15, -0.1) is 0 Å². The van der Waals surface area contributed by atoms with E-state index in [1.54, 1.807) is 0 Å². The first-order chi connectivity index (χ1) is 6.26. The van der Waals surface area contributed by atoms with Crippen LogP contribution in [0.5, 0.6) is 0 Å². The second-order valence-electron chi connectivity index (χ2n) is 4.11. The molecule has 2 aliphatic rings. The maximum Gasteiger partial charge on any atom is 0.317 e. The van der Waals surface area contributed by atoms with E-state index >= 15 is 0 Å². The zero-order valence-corrected chi connectivity index (χ0v) is 8.10. The van der Waals surface area contributed by atoms with Gasteiger partial charge in [-0.05, 0) is 13.3 Å². The number of nitrogens with zero attached hydrogens (tertiary/aromatic N) is 1. The van der Waals surface area contributed by atoms with Crippen LogP contribution >= 0.6 is 0 Å². The van der Waals surface area contributed by atoms with E-state index in [0.717, 1.165) is 39.1 Å². The van der Waals surface area contributed by atoms with Crippen LogP contribution in [-0.2, 0) is 0 Å². The molecule has 0 aliphatic carbocycles. The van der Waals surface area contributed by atoms with Gasteiger partial charge >= 0.3 is 6.03 Å². The van der Waals surface area contributed by atoms with Gasteiger partial charge in [0.25, 0.3) is 0 Å². The number of urea groups is 1. The molecule has 0 saturated carbocycles. The Balaban J connectivity index is 1.87. The van der Waals surface area contributed by atoms with Crippen molar-refractivity contribution < 1.29 is 4.79 Å². The number of carbonyl (C=O) groups excluding carboxylic acids is 1.